The Morgan fingerprint density at radius 3 is 1.64 bits per heavy atom. The van der Waals surface area contributed by atoms with Gasteiger partial charge in [0.05, 0.1) is 14.2 Å². The van der Waals surface area contributed by atoms with E-state index in [1.54, 1.807) is 44.2 Å². The molecular formula is C26H24N2O4S. The van der Waals surface area contributed by atoms with E-state index in [4.69, 9.17) is 30.4 Å². The smallest absolute Gasteiger partial charge is 0.211 e. The maximum atomic E-state index is 6.02. The largest absolute Gasteiger partial charge is 0.493 e. The van der Waals surface area contributed by atoms with Crippen molar-refractivity contribution in [2.24, 2.45) is 0 Å². The number of hydrogen-bond donors (Lipinski definition) is 2. The highest BCUT2D eigenvalue weighted by Gasteiger charge is 2.16. The molecule has 4 N–H and O–H groups in total. The van der Waals surface area contributed by atoms with Crippen molar-refractivity contribution in [2.45, 2.75) is 9.79 Å². The SMILES string of the molecule is COc1cc(Sc2ccc(Oc3cccc(N)c3)cc2)cc(OC)c1Oc1cccc(N)c1. The van der Waals surface area contributed by atoms with Crippen molar-refractivity contribution in [2.75, 3.05) is 25.7 Å². The highest BCUT2D eigenvalue weighted by Crippen LogP contribution is 2.45. The fraction of sp³-hybridized carbons (Fsp3) is 0.0769. The average molecular weight is 461 g/mol. The lowest BCUT2D eigenvalue weighted by Gasteiger charge is -2.16. The van der Waals surface area contributed by atoms with Gasteiger partial charge >= 0.3 is 0 Å². The van der Waals surface area contributed by atoms with Gasteiger partial charge < -0.3 is 30.4 Å². The first kappa shape index (κ1) is 22.2. The summed E-state index contributed by atoms with van der Waals surface area (Å²) in [5, 5.41) is 0. The summed E-state index contributed by atoms with van der Waals surface area (Å²) < 4.78 is 23.1. The number of methoxy groups -OCH3 is 2. The van der Waals surface area contributed by atoms with Crippen LogP contribution in [0.25, 0.3) is 0 Å². The van der Waals surface area contributed by atoms with E-state index in [2.05, 4.69) is 0 Å². The van der Waals surface area contributed by atoms with Crippen molar-refractivity contribution in [3.63, 3.8) is 0 Å². The Hall–Kier alpha value is -3.97. The van der Waals surface area contributed by atoms with Crippen molar-refractivity contribution < 1.29 is 18.9 Å². The molecule has 0 aliphatic carbocycles. The molecule has 0 amide bonds. The molecule has 6 nitrogen and oxygen atoms in total. The third-order valence-corrected chi connectivity index (χ3v) is 5.64. The Morgan fingerprint density at radius 2 is 1.12 bits per heavy atom. The molecule has 4 aromatic carbocycles. The third kappa shape index (κ3) is 5.64. The fourth-order valence-corrected chi connectivity index (χ4v) is 4.01. The first-order chi connectivity index (χ1) is 16.0. The third-order valence-electron chi connectivity index (χ3n) is 4.67. The van der Waals surface area contributed by atoms with E-state index < -0.39 is 0 Å². The number of benzene rings is 4. The van der Waals surface area contributed by atoms with Gasteiger partial charge in [0.25, 0.3) is 0 Å². The van der Waals surface area contributed by atoms with Gasteiger partial charge in [-0.2, -0.15) is 0 Å². The maximum absolute atomic E-state index is 6.02. The van der Waals surface area contributed by atoms with E-state index >= 15 is 0 Å². The van der Waals surface area contributed by atoms with E-state index in [-0.39, 0.29) is 0 Å². The second-order valence-corrected chi connectivity index (χ2v) is 8.23. The van der Waals surface area contributed by atoms with Crippen LogP contribution in [0.5, 0.6) is 34.5 Å². The Bertz CT molecular complexity index is 1220. The molecule has 0 bridgehead atoms. The molecule has 0 aliphatic heterocycles. The molecule has 168 valence electrons. The lowest BCUT2D eigenvalue weighted by atomic mass is 10.2. The molecule has 0 radical (unpaired) electrons. The van der Waals surface area contributed by atoms with Crippen LogP contribution in [0.4, 0.5) is 11.4 Å². The fourth-order valence-electron chi connectivity index (χ4n) is 3.14. The molecule has 0 saturated carbocycles. The van der Waals surface area contributed by atoms with Crippen molar-refractivity contribution in [1.82, 2.24) is 0 Å². The molecular weight excluding hydrogens is 436 g/mol. The van der Waals surface area contributed by atoms with Crippen LogP contribution in [0, 0.1) is 0 Å². The minimum atomic E-state index is 0.487. The minimum absolute atomic E-state index is 0.487. The summed E-state index contributed by atoms with van der Waals surface area (Å²) in [7, 11) is 3.19. The normalized spacial score (nSPS) is 10.5. The number of hydrogen-bond acceptors (Lipinski definition) is 7. The van der Waals surface area contributed by atoms with E-state index in [9.17, 15) is 0 Å². The Balaban J connectivity index is 1.53. The van der Waals surface area contributed by atoms with E-state index in [1.807, 2.05) is 66.7 Å². The van der Waals surface area contributed by atoms with Crippen LogP contribution in [0.1, 0.15) is 0 Å². The predicted octanol–water partition coefficient (Wildman–Crippen LogP) is 6.60. The van der Waals surface area contributed by atoms with Crippen LogP contribution < -0.4 is 30.4 Å². The monoisotopic (exact) mass is 460 g/mol. The topological polar surface area (TPSA) is 89.0 Å². The van der Waals surface area contributed by atoms with Gasteiger partial charge in [0.15, 0.2) is 11.5 Å². The molecule has 0 aliphatic rings. The van der Waals surface area contributed by atoms with Gasteiger partial charge in [-0.25, -0.2) is 0 Å². The molecule has 0 heterocycles. The molecule has 7 heteroatoms. The number of nitrogens with two attached hydrogens (primary N) is 2. The van der Waals surface area contributed by atoms with Crippen molar-refractivity contribution in [1.29, 1.82) is 0 Å². The van der Waals surface area contributed by atoms with Gasteiger partial charge in [0, 0.05) is 33.3 Å². The lowest BCUT2D eigenvalue weighted by molar-refractivity contribution is 0.344. The first-order valence-corrected chi connectivity index (χ1v) is 11.0. The van der Waals surface area contributed by atoms with E-state index in [0.29, 0.717) is 40.1 Å². The summed E-state index contributed by atoms with van der Waals surface area (Å²) >= 11 is 1.57. The zero-order valence-corrected chi connectivity index (χ0v) is 19.1. The number of nitrogen functional groups attached to an aromatic ring is 2. The predicted molar refractivity (Wildman–Crippen MR) is 132 cm³/mol. The van der Waals surface area contributed by atoms with Gasteiger partial charge in [-0.15, -0.1) is 0 Å². The average Bonchev–Trinajstić information content (AvgIpc) is 2.81. The molecule has 4 rings (SSSR count). The Morgan fingerprint density at radius 1 is 0.576 bits per heavy atom. The zero-order valence-electron chi connectivity index (χ0n) is 18.3. The first-order valence-electron chi connectivity index (χ1n) is 10.1. The Labute approximate surface area is 197 Å². The Kier molecular flexibility index (Phi) is 6.80. The van der Waals surface area contributed by atoms with Gasteiger partial charge in [-0.3, -0.25) is 0 Å². The molecule has 0 aromatic heterocycles. The quantitative estimate of drug-likeness (QED) is 0.286. The van der Waals surface area contributed by atoms with Crippen LogP contribution in [-0.4, -0.2) is 14.2 Å². The summed E-state index contributed by atoms with van der Waals surface area (Å²) in [6, 6.07) is 26.1. The summed E-state index contributed by atoms with van der Waals surface area (Å²) in [5.74, 6) is 3.62. The van der Waals surface area contributed by atoms with Crippen molar-refractivity contribution in [3.8, 4) is 34.5 Å². The summed E-state index contributed by atoms with van der Waals surface area (Å²) in [6.07, 6.45) is 0. The molecule has 0 unspecified atom stereocenters. The van der Waals surface area contributed by atoms with E-state index in [1.165, 1.54) is 0 Å². The second kappa shape index (κ2) is 10.1. The summed E-state index contributed by atoms with van der Waals surface area (Å²) in [4.78, 5) is 1.97. The van der Waals surface area contributed by atoms with Gasteiger partial charge in [0.2, 0.25) is 5.75 Å². The van der Waals surface area contributed by atoms with Gasteiger partial charge in [-0.05, 0) is 60.7 Å². The molecule has 33 heavy (non-hydrogen) atoms. The number of anilines is 2. The van der Waals surface area contributed by atoms with Crippen molar-refractivity contribution in [3.05, 3.63) is 84.9 Å². The molecule has 4 aromatic rings. The molecule has 0 saturated heterocycles. The molecule has 0 atom stereocenters. The highest BCUT2D eigenvalue weighted by atomic mass is 32.2. The van der Waals surface area contributed by atoms with Crippen LogP contribution in [-0.2, 0) is 0 Å². The van der Waals surface area contributed by atoms with E-state index in [0.717, 1.165) is 15.5 Å². The van der Waals surface area contributed by atoms with Crippen LogP contribution in [0.3, 0.4) is 0 Å². The lowest BCUT2D eigenvalue weighted by Crippen LogP contribution is -1.96. The summed E-state index contributed by atoms with van der Waals surface area (Å²) in [5.41, 5.74) is 12.9. The standard InChI is InChI=1S/C26H24N2O4S/c1-29-24-15-23(16-25(30-2)26(24)32-21-8-4-6-18(28)14-21)33-22-11-9-19(10-12-22)31-20-7-3-5-17(27)13-20/h3-16H,27-28H2,1-2H3. The van der Waals surface area contributed by atoms with Crippen LogP contribution >= 0.6 is 11.8 Å². The molecule has 0 spiro atoms. The van der Waals surface area contributed by atoms with Crippen LogP contribution in [0.15, 0.2) is 94.7 Å². The minimum Gasteiger partial charge on any atom is -0.493 e. The second-order valence-electron chi connectivity index (χ2n) is 7.08. The summed E-state index contributed by atoms with van der Waals surface area (Å²) in [6.45, 7) is 0. The maximum Gasteiger partial charge on any atom is 0.211 e. The highest BCUT2D eigenvalue weighted by molar-refractivity contribution is 7.99. The number of rotatable bonds is 8. The van der Waals surface area contributed by atoms with Gasteiger partial charge in [-0.1, -0.05) is 23.9 Å². The molecule has 0 fully saturated rings. The van der Waals surface area contributed by atoms with Gasteiger partial charge in [0.1, 0.15) is 17.2 Å². The zero-order chi connectivity index (χ0) is 23.2. The van der Waals surface area contributed by atoms with Crippen LogP contribution in [0.2, 0.25) is 0 Å². The van der Waals surface area contributed by atoms with Crippen molar-refractivity contribution >= 4 is 23.1 Å². The number of ether oxygens (including phenoxy) is 4.